The fraction of sp³-hybridized carbons (Fsp3) is 0.636. The average Bonchev–Trinajstić information content (AvgIpc) is 2.52. The number of hydrogen-bond donors (Lipinski definition) is 2. The quantitative estimate of drug-likeness (QED) is 0.709. The molecule has 1 aromatic heterocycles. The molecule has 0 amide bonds. The first-order valence-electron chi connectivity index (χ1n) is 5.15. The van der Waals surface area contributed by atoms with Gasteiger partial charge >= 0.3 is 0 Å². The van der Waals surface area contributed by atoms with Gasteiger partial charge in [0.25, 0.3) is 0 Å². The van der Waals surface area contributed by atoms with E-state index < -0.39 is 0 Å². The van der Waals surface area contributed by atoms with E-state index in [1.165, 1.54) is 0 Å². The number of aryl methyl sites for hydroxylation is 1. The highest BCUT2D eigenvalue weighted by molar-refractivity contribution is 5.17. The maximum Gasteiger partial charge on any atom is 0.125 e. The zero-order chi connectivity index (χ0) is 10.2. The molecule has 1 saturated heterocycles. The first-order valence-corrected chi connectivity index (χ1v) is 5.15. The maximum atomic E-state index is 5.67. The molecule has 0 bridgehead atoms. The van der Waals surface area contributed by atoms with Gasteiger partial charge in [-0.25, -0.2) is 0 Å². The van der Waals surface area contributed by atoms with Crippen molar-refractivity contribution < 1.29 is 4.42 Å². The van der Waals surface area contributed by atoms with E-state index in [9.17, 15) is 0 Å². The number of rotatable bonds is 1. The lowest BCUT2D eigenvalue weighted by molar-refractivity contribution is 0.215. The molecule has 2 N–H and O–H groups in total. The number of piperazine rings is 1. The smallest absolute Gasteiger partial charge is 0.125 e. The van der Waals surface area contributed by atoms with Crippen molar-refractivity contribution in [3.05, 3.63) is 23.7 Å². The second-order valence-corrected chi connectivity index (χ2v) is 4.42. The highest BCUT2D eigenvalue weighted by Crippen LogP contribution is 2.24. The van der Waals surface area contributed by atoms with Crippen LogP contribution in [0, 0.1) is 6.92 Å². The normalized spacial score (nSPS) is 33.2. The Labute approximate surface area is 84.9 Å². The summed E-state index contributed by atoms with van der Waals surface area (Å²) in [7, 11) is 0. The lowest BCUT2D eigenvalue weighted by Crippen LogP contribution is -2.59. The lowest BCUT2D eigenvalue weighted by Gasteiger charge is -2.37. The Bertz CT molecular complexity index is 321. The zero-order valence-electron chi connectivity index (χ0n) is 9.05. The first-order chi connectivity index (χ1) is 6.60. The number of furan rings is 1. The van der Waals surface area contributed by atoms with E-state index in [-0.39, 0.29) is 5.54 Å². The van der Waals surface area contributed by atoms with Crippen LogP contribution >= 0.6 is 0 Å². The fourth-order valence-corrected chi connectivity index (χ4v) is 2.07. The molecule has 0 aliphatic carbocycles. The molecule has 1 aliphatic heterocycles. The Hall–Kier alpha value is -0.800. The van der Waals surface area contributed by atoms with Crippen LogP contribution in [0.15, 0.2) is 16.5 Å². The predicted octanol–water partition coefficient (Wildman–Crippen LogP) is 1.38. The molecular formula is C11H18N2O. The van der Waals surface area contributed by atoms with E-state index in [2.05, 4.69) is 30.5 Å². The second kappa shape index (κ2) is 3.41. The average molecular weight is 194 g/mol. The van der Waals surface area contributed by atoms with Crippen molar-refractivity contribution in [3.63, 3.8) is 0 Å². The SMILES string of the molecule is Cc1ccc(C2(C)CNCC(C)N2)o1. The van der Waals surface area contributed by atoms with Gasteiger partial charge in [0.15, 0.2) is 0 Å². The van der Waals surface area contributed by atoms with Gasteiger partial charge in [-0.2, -0.15) is 0 Å². The third-order valence-corrected chi connectivity index (χ3v) is 2.78. The molecule has 2 unspecified atom stereocenters. The lowest BCUT2D eigenvalue weighted by atomic mass is 9.95. The van der Waals surface area contributed by atoms with E-state index in [1.54, 1.807) is 0 Å². The topological polar surface area (TPSA) is 37.2 Å². The van der Waals surface area contributed by atoms with Crippen LogP contribution in [-0.4, -0.2) is 19.1 Å². The van der Waals surface area contributed by atoms with Crippen molar-refractivity contribution in [2.24, 2.45) is 0 Å². The van der Waals surface area contributed by atoms with Gasteiger partial charge in [0.05, 0.1) is 5.54 Å². The predicted molar refractivity (Wildman–Crippen MR) is 56.3 cm³/mol. The Kier molecular flexibility index (Phi) is 2.37. The van der Waals surface area contributed by atoms with E-state index in [0.29, 0.717) is 6.04 Å². The van der Waals surface area contributed by atoms with Gasteiger partial charge in [-0.1, -0.05) is 0 Å². The van der Waals surface area contributed by atoms with Crippen molar-refractivity contribution in [2.45, 2.75) is 32.4 Å². The zero-order valence-corrected chi connectivity index (χ0v) is 9.05. The molecule has 0 saturated carbocycles. The van der Waals surface area contributed by atoms with Gasteiger partial charge in [-0.3, -0.25) is 0 Å². The third kappa shape index (κ3) is 1.70. The fourth-order valence-electron chi connectivity index (χ4n) is 2.07. The summed E-state index contributed by atoms with van der Waals surface area (Å²) in [4.78, 5) is 0. The summed E-state index contributed by atoms with van der Waals surface area (Å²) in [5.74, 6) is 2.00. The Morgan fingerprint density at radius 1 is 1.50 bits per heavy atom. The van der Waals surface area contributed by atoms with Crippen LogP contribution in [-0.2, 0) is 5.54 Å². The van der Waals surface area contributed by atoms with Gasteiger partial charge in [-0.15, -0.1) is 0 Å². The first kappa shape index (κ1) is 9.74. The third-order valence-electron chi connectivity index (χ3n) is 2.78. The molecule has 0 aromatic carbocycles. The summed E-state index contributed by atoms with van der Waals surface area (Å²) in [5.41, 5.74) is -0.0636. The van der Waals surface area contributed by atoms with E-state index in [4.69, 9.17) is 4.42 Å². The molecular weight excluding hydrogens is 176 g/mol. The van der Waals surface area contributed by atoms with Crippen LogP contribution in [0.5, 0.6) is 0 Å². The summed E-state index contributed by atoms with van der Waals surface area (Å²) in [5, 5.41) is 6.98. The number of nitrogens with one attached hydrogen (secondary N) is 2. The van der Waals surface area contributed by atoms with Crippen LogP contribution in [0.25, 0.3) is 0 Å². The standard InChI is InChI=1S/C11H18N2O/c1-8-6-12-7-11(3,13-8)10-5-4-9(2)14-10/h4-5,8,12-13H,6-7H2,1-3H3. The highest BCUT2D eigenvalue weighted by atomic mass is 16.3. The van der Waals surface area contributed by atoms with E-state index in [0.717, 1.165) is 24.6 Å². The van der Waals surface area contributed by atoms with Gasteiger partial charge in [-0.05, 0) is 32.9 Å². The summed E-state index contributed by atoms with van der Waals surface area (Å²) >= 11 is 0. The van der Waals surface area contributed by atoms with Gasteiger partial charge in [0.1, 0.15) is 11.5 Å². The molecule has 78 valence electrons. The van der Waals surface area contributed by atoms with Gasteiger partial charge in [0, 0.05) is 19.1 Å². The molecule has 2 atom stereocenters. The minimum Gasteiger partial charge on any atom is -0.464 e. The van der Waals surface area contributed by atoms with Crippen LogP contribution < -0.4 is 10.6 Å². The summed E-state index contributed by atoms with van der Waals surface area (Å²) in [6.45, 7) is 8.28. The van der Waals surface area contributed by atoms with Crippen molar-refractivity contribution in [3.8, 4) is 0 Å². The van der Waals surface area contributed by atoms with Gasteiger partial charge < -0.3 is 15.1 Å². The molecule has 3 nitrogen and oxygen atoms in total. The molecule has 14 heavy (non-hydrogen) atoms. The Morgan fingerprint density at radius 2 is 2.29 bits per heavy atom. The maximum absolute atomic E-state index is 5.67. The number of hydrogen-bond acceptors (Lipinski definition) is 3. The largest absolute Gasteiger partial charge is 0.464 e. The molecule has 1 fully saturated rings. The monoisotopic (exact) mass is 194 g/mol. The van der Waals surface area contributed by atoms with Crippen LogP contribution in [0.2, 0.25) is 0 Å². The van der Waals surface area contributed by atoms with Crippen molar-refractivity contribution in [2.75, 3.05) is 13.1 Å². The molecule has 0 spiro atoms. The van der Waals surface area contributed by atoms with Crippen molar-refractivity contribution in [1.29, 1.82) is 0 Å². The molecule has 2 rings (SSSR count). The van der Waals surface area contributed by atoms with Crippen molar-refractivity contribution >= 4 is 0 Å². The molecule has 2 heterocycles. The molecule has 1 aliphatic rings. The molecule has 0 radical (unpaired) electrons. The van der Waals surface area contributed by atoms with E-state index >= 15 is 0 Å². The minimum absolute atomic E-state index is 0.0636. The Morgan fingerprint density at radius 3 is 2.86 bits per heavy atom. The summed E-state index contributed by atoms with van der Waals surface area (Å²) < 4.78 is 5.67. The molecule has 3 heteroatoms. The molecule has 1 aromatic rings. The van der Waals surface area contributed by atoms with Crippen LogP contribution in [0.4, 0.5) is 0 Å². The Balaban J connectivity index is 2.22. The summed E-state index contributed by atoms with van der Waals surface area (Å²) in [6, 6.07) is 4.56. The van der Waals surface area contributed by atoms with Crippen LogP contribution in [0.1, 0.15) is 25.4 Å². The van der Waals surface area contributed by atoms with Crippen molar-refractivity contribution in [1.82, 2.24) is 10.6 Å². The second-order valence-electron chi connectivity index (χ2n) is 4.42. The highest BCUT2D eigenvalue weighted by Gasteiger charge is 2.33. The van der Waals surface area contributed by atoms with Gasteiger partial charge in [0.2, 0.25) is 0 Å². The summed E-state index contributed by atoms with van der Waals surface area (Å²) in [6.07, 6.45) is 0. The van der Waals surface area contributed by atoms with Crippen LogP contribution in [0.3, 0.4) is 0 Å². The van der Waals surface area contributed by atoms with E-state index in [1.807, 2.05) is 13.0 Å². The minimum atomic E-state index is -0.0636.